The molecule has 0 fully saturated rings. The van der Waals surface area contributed by atoms with Crippen molar-refractivity contribution in [3.8, 4) is 0 Å². The number of benzene rings is 4. The van der Waals surface area contributed by atoms with E-state index in [-0.39, 0.29) is 0 Å². The van der Waals surface area contributed by atoms with Crippen LogP contribution in [0.25, 0.3) is 46.5 Å². The molecule has 0 atom stereocenters. The van der Waals surface area contributed by atoms with Crippen LogP contribution in [0.15, 0.2) is 106 Å². The molecule has 0 aliphatic heterocycles. The Bertz CT molecular complexity index is 1880. The Kier molecular flexibility index (Phi) is 9.92. The number of aromatic amines is 1. The molecule has 4 aromatic carbocycles. The summed E-state index contributed by atoms with van der Waals surface area (Å²) in [6.07, 6.45) is 8.17. The second-order valence-corrected chi connectivity index (χ2v) is 13.6. The highest BCUT2D eigenvalue weighted by molar-refractivity contribution is 8.76. The summed E-state index contributed by atoms with van der Waals surface area (Å²) in [6, 6.07) is 33.4. The number of hydrogen-bond acceptors (Lipinski definition) is 6. The van der Waals surface area contributed by atoms with Gasteiger partial charge < -0.3 is 18.6 Å². The molecule has 45 heavy (non-hydrogen) atoms. The van der Waals surface area contributed by atoms with E-state index in [1.807, 2.05) is 83.3 Å². The van der Waals surface area contributed by atoms with Crippen LogP contribution >= 0.6 is 21.6 Å². The molecule has 0 unspecified atom stereocenters. The quantitative estimate of drug-likeness (QED) is 0.0727. The van der Waals surface area contributed by atoms with E-state index in [4.69, 9.17) is 8.83 Å². The zero-order valence-corrected chi connectivity index (χ0v) is 27.5. The molecule has 2 aromatic heterocycles. The van der Waals surface area contributed by atoms with Gasteiger partial charge in [-0.15, -0.1) is 0 Å². The maximum absolute atomic E-state index is 5.98. The van der Waals surface area contributed by atoms with Gasteiger partial charge >= 0.3 is 11.8 Å². The van der Waals surface area contributed by atoms with Gasteiger partial charge in [0.1, 0.15) is 7.05 Å². The van der Waals surface area contributed by atoms with E-state index in [1.54, 1.807) is 0 Å². The molecular formula is C37H38N4O2S2+2. The summed E-state index contributed by atoms with van der Waals surface area (Å²) in [4.78, 5) is 7.91. The molecule has 0 saturated heterocycles. The number of rotatable bonds is 13. The Morgan fingerprint density at radius 3 is 1.80 bits per heavy atom. The molecular weight excluding hydrogens is 597 g/mol. The Morgan fingerprint density at radius 2 is 1.20 bits per heavy atom. The van der Waals surface area contributed by atoms with Gasteiger partial charge in [0.15, 0.2) is 0 Å². The zero-order valence-electron chi connectivity index (χ0n) is 25.9. The van der Waals surface area contributed by atoms with Crippen molar-refractivity contribution < 1.29 is 18.4 Å². The SMILES string of the molecule is CN(CCSSCCN(C)c1ccc(/C=C/c2oc3ccccc3[n+]2C)cc1)c1ccc(/C=C/c2[nH+]c3ccccc3o2)cc1. The van der Waals surface area contributed by atoms with Gasteiger partial charge in [-0.2, -0.15) is 9.55 Å². The lowest BCUT2D eigenvalue weighted by Crippen LogP contribution is -2.29. The number of nitrogens with zero attached hydrogens (tertiary/aromatic N) is 3. The third kappa shape index (κ3) is 7.82. The van der Waals surface area contributed by atoms with Gasteiger partial charge in [0.25, 0.3) is 5.52 Å². The van der Waals surface area contributed by atoms with E-state index in [9.17, 15) is 0 Å². The summed E-state index contributed by atoms with van der Waals surface area (Å²) < 4.78 is 13.9. The summed E-state index contributed by atoms with van der Waals surface area (Å²) in [7, 11) is 10.2. The maximum atomic E-state index is 5.98. The van der Waals surface area contributed by atoms with Crippen molar-refractivity contribution in [2.45, 2.75) is 0 Å². The highest BCUT2D eigenvalue weighted by atomic mass is 33.1. The molecule has 8 heteroatoms. The van der Waals surface area contributed by atoms with Crippen LogP contribution in [0, 0.1) is 0 Å². The normalized spacial score (nSPS) is 11.8. The third-order valence-electron chi connectivity index (χ3n) is 7.75. The number of hydrogen-bond donors (Lipinski definition) is 0. The summed E-state index contributed by atoms with van der Waals surface area (Å²) in [5, 5.41) is 0. The minimum absolute atomic E-state index is 0.744. The fraction of sp³-hybridized carbons (Fsp3) is 0.189. The van der Waals surface area contributed by atoms with Gasteiger partial charge in [-0.3, -0.25) is 0 Å². The lowest BCUT2D eigenvalue weighted by Gasteiger charge is -2.20. The smallest absolute Gasteiger partial charge is 0.373 e. The molecule has 0 bridgehead atoms. The molecule has 0 amide bonds. The van der Waals surface area contributed by atoms with Crippen molar-refractivity contribution in [1.29, 1.82) is 0 Å². The van der Waals surface area contributed by atoms with Crippen molar-refractivity contribution in [3.05, 3.63) is 120 Å². The van der Waals surface area contributed by atoms with Crippen LogP contribution in [0.1, 0.15) is 22.9 Å². The first-order chi connectivity index (χ1) is 22.0. The predicted molar refractivity (Wildman–Crippen MR) is 192 cm³/mol. The van der Waals surface area contributed by atoms with Crippen molar-refractivity contribution in [3.63, 3.8) is 0 Å². The van der Waals surface area contributed by atoms with Crippen LogP contribution < -0.4 is 19.4 Å². The van der Waals surface area contributed by atoms with Crippen LogP contribution in [0.4, 0.5) is 11.4 Å². The lowest BCUT2D eigenvalue weighted by atomic mass is 10.2. The largest absolute Gasteiger partial charge is 0.398 e. The molecule has 0 radical (unpaired) electrons. The number of para-hydroxylation sites is 4. The average Bonchev–Trinajstić information content (AvgIpc) is 3.64. The Morgan fingerprint density at radius 1 is 0.644 bits per heavy atom. The summed E-state index contributed by atoms with van der Waals surface area (Å²) in [6.45, 7) is 2.00. The average molecular weight is 635 g/mol. The second kappa shape index (κ2) is 14.6. The Balaban J connectivity index is 0.892. The highest BCUT2D eigenvalue weighted by Gasteiger charge is 2.15. The molecule has 6 aromatic rings. The molecule has 1 N–H and O–H groups in total. The van der Waals surface area contributed by atoms with Crippen LogP contribution in [-0.4, -0.2) is 38.7 Å². The van der Waals surface area contributed by atoms with E-state index in [0.29, 0.717) is 0 Å². The van der Waals surface area contributed by atoms with Crippen molar-refractivity contribution in [2.24, 2.45) is 7.05 Å². The van der Waals surface area contributed by atoms with Crippen LogP contribution in [-0.2, 0) is 7.05 Å². The van der Waals surface area contributed by atoms with Gasteiger partial charge in [0, 0.05) is 62.2 Å². The van der Waals surface area contributed by atoms with Crippen LogP contribution in [0.2, 0.25) is 0 Å². The predicted octanol–water partition coefficient (Wildman–Crippen LogP) is 8.11. The van der Waals surface area contributed by atoms with Crippen LogP contribution in [0.5, 0.6) is 0 Å². The second-order valence-electron chi connectivity index (χ2n) is 10.9. The monoisotopic (exact) mass is 634 g/mol. The Hall–Kier alpha value is -4.40. The molecule has 6 nitrogen and oxygen atoms in total. The van der Waals surface area contributed by atoms with Gasteiger partial charge in [0.05, 0.1) is 12.2 Å². The number of aryl methyl sites for hydroxylation is 1. The van der Waals surface area contributed by atoms with Gasteiger partial charge in [-0.1, -0.05) is 70.1 Å². The number of aromatic nitrogens is 2. The van der Waals surface area contributed by atoms with Gasteiger partial charge in [-0.05, 0) is 59.7 Å². The lowest BCUT2D eigenvalue weighted by molar-refractivity contribution is -0.651. The molecule has 228 valence electrons. The third-order valence-corrected chi connectivity index (χ3v) is 10.1. The Labute approximate surface area is 272 Å². The van der Waals surface area contributed by atoms with Gasteiger partial charge in [0.2, 0.25) is 16.7 Å². The molecule has 0 spiro atoms. The van der Waals surface area contributed by atoms with Gasteiger partial charge in [-0.25, -0.2) is 0 Å². The van der Waals surface area contributed by atoms with E-state index in [0.717, 1.165) is 69.7 Å². The summed E-state index contributed by atoms with van der Waals surface area (Å²) in [5.41, 5.74) is 8.58. The number of anilines is 2. The van der Waals surface area contributed by atoms with E-state index >= 15 is 0 Å². The van der Waals surface area contributed by atoms with E-state index < -0.39 is 0 Å². The molecule has 0 aliphatic carbocycles. The fourth-order valence-corrected chi connectivity index (χ4v) is 7.11. The van der Waals surface area contributed by atoms with Crippen molar-refractivity contribution in [2.75, 3.05) is 48.5 Å². The first kappa shape index (κ1) is 30.6. The first-order valence-corrected chi connectivity index (χ1v) is 17.5. The topological polar surface area (TPSA) is 50.8 Å². The summed E-state index contributed by atoms with van der Waals surface area (Å²) in [5.74, 6) is 3.71. The number of fused-ring (bicyclic) bond motifs is 2. The van der Waals surface area contributed by atoms with Crippen molar-refractivity contribution >= 4 is 79.5 Å². The van der Waals surface area contributed by atoms with E-state index in [1.165, 1.54) is 11.4 Å². The number of oxazole rings is 2. The molecule has 0 aliphatic rings. The minimum Gasteiger partial charge on any atom is -0.398 e. The number of nitrogens with one attached hydrogen (secondary N) is 1. The fourth-order valence-electron chi connectivity index (χ4n) is 5.02. The molecule has 6 rings (SSSR count). The number of H-pyrrole nitrogens is 1. The minimum atomic E-state index is 0.744. The summed E-state index contributed by atoms with van der Waals surface area (Å²) >= 11 is 0. The maximum Gasteiger partial charge on any atom is 0.373 e. The van der Waals surface area contributed by atoms with Crippen LogP contribution in [0.3, 0.4) is 0 Å². The van der Waals surface area contributed by atoms with Crippen molar-refractivity contribution in [1.82, 2.24) is 0 Å². The highest BCUT2D eigenvalue weighted by Crippen LogP contribution is 2.24. The van der Waals surface area contributed by atoms with E-state index in [2.05, 4.69) is 100 Å². The molecule has 2 heterocycles. The molecule has 0 saturated carbocycles. The standard InChI is InChI=1S/C37H37N4O2S2/c1-39(30-18-12-28(13-19-30)16-22-36-38-32-8-4-6-10-34(32)42-36)24-26-44-45-27-25-40(2)31-20-14-29(15-21-31)17-23-37-41(3)33-9-5-7-11-35(33)43-37/h4-23H,24-27H2,1-3H3/q+1/p+1/b22-16+. The first-order valence-electron chi connectivity index (χ1n) is 15.0. The zero-order chi connectivity index (χ0) is 31.0.